The summed E-state index contributed by atoms with van der Waals surface area (Å²) in [5.41, 5.74) is 2.16. The number of hydrogen-bond donors (Lipinski definition) is 1. The fourth-order valence-electron chi connectivity index (χ4n) is 2.17. The van der Waals surface area contributed by atoms with E-state index in [1.807, 2.05) is 12.1 Å². The summed E-state index contributed by atoms with van der Waals surface area (Å²) in [5.74, 6) is 0.985. The van der Waals surface area contributed by atoms with Gasteiger partial charge in [-0.1, -0.05) is 38.1 Å². The summed E-state index contributed by atoms with van der Waals surface area (Å²) < 4.78 is 7.01. The van der Waals surface area contributed by atoms with Crippen LogP contribution in [0.4, 0.5) is 0 Å². The van der Waals surface area contributed by atoms with E-state index >= 15 is 0 Å². The fraction of sp³-hybridized carbons (Fsp3) is 0.375. The molecule has 1 aromatic heterocycles. The minimum absolute atomic E-state index is 0.205. The van der Waals surface area contributed by atoms with E-state index in [2.05, 4.69) is 53.8 Å². The molecule has 0 aliphatic heterocycles. The van der Waals surface area contributed by atoms with Crippen molar-refractivity contribution >= 4 is 26.9 Å². The topological polar surface area (TPSA) is 25.2 Å². The highest BCUT2D eigenvalue weighted by Gasteiger charge is 2.17. The largest absolute Gasteiger partial charge is 0.458 e. The number of hydrogen-bond acceptors (Lipinski definition) is 2. The molecule has 0 saturated carbocycles. The molecular weight excluding hydrogens is 302 g/mol. The standard InChI is InChI=1S/C16H20BrNO/c1-4-11(3)9-14(18-5-2)15-10-12-7-6-8-13(17)16(12)19-15/h6-8,10,14,18H,3-5,9H2,1-2H3. The molecule has 2 nitrogen and oxygen atoms in total. The van der Waals surface area contributed by atoms with Crippen molar-refractivity contribution in [1.82, 2.24) is 5.32 Å². The van der Waals surface area contributed by atoms with Crippen molar-refractivity contribution in [3.63, 3.8) is 0 Å². The van der Waals surface area contributed by atoms with Crippen molar-refractivity contribution < 1.29 is 4.42 Å². The zero-order valence-electron chi connectivity index (χ0n) is 11.5. The molecule has 0 saturated heterocycles. The SMILES string of the molecule is C=C(CC)CC(NCC)c1cc2cccc(Br)c2o1. The van der Waals surface area contributed by atoms with Crippen LogP contribution >= 0.6 is 15.9 Å². The van der Waals surface area contributed by atoms with E-state index in [9.17, 15) is 0 Å². The second kappa shape index (κ2) is 6.40. The van der Waals surface area contributed by atoms with E-state index in [1.54, 1.807) is 0 Å². The summed E-state index contributed by atoms with van der Waals surface area (Å²) in [5, 5.41) is 4.61. The number of fused-ring (bicyclic) bond motifs is 1. The van der Waals surface area contributed by atoms with Gasteiger partial charge in [0.15, 0.2) is 0 Å². The van der Waals surface area contributed by atoms with Crippen LogP contribution in [0, 0.1) is 0 Å². The highest BCUT2D eigenvalue weighted by molar-refractivity contribution is 9.10. The molecule has 0 bridgehead atoms. The smallest absolute Gasteiger partial charge is 0.148 e. The van der Waals surface area contributed by atoms with Gasteiger partial charge in [0.05, 0.1) is 10.5 Å². The predicted molar refractivity (Wildman–Crippen MR) is 84.4 cm³/mol. The van der Waals surface area contributed by atoms with E-state index in [0.717, 1.165) is 40.6 Å². The number of para-hydroxylation sites is 1. The molecule has 2 aromatic rings. The van der Waals surface area contributed by atoms with Gasteiger partial charge in [-0.3, -0.25) is 0 Å². The number of halogens is 1. The first kappa shape index (κ1) is 14.4. The molecule has 0 aliphatic rings. The molecule has 102 valence electrons. The van der Waals surface area contributed by atoms with Gasteiger partial charge in [-0.15, -0.1) is 0 Å². The summed E-state index contributed by atoms with van der Waals surface area (Å²) in [4.78, 5) is 0. The van der Waals surface area contributed by atoms with Crippen LogP contribution in [0.25, 0.3) is 11.0 Å². The molecule has 0 aliphatic carbocycles. The van der Waals surface area contributed by atoms with Gasteiger partial charge in [-0.05, 0) is 47.4 Å². The summed E-state index contributed by atoms with van der Waals surface area (Å²) in [7, 11) is 0. The Kier molecular flexibility index (Phi) is 4.83. The third-order valence-electron chi connectivity index (χ3n) is 3.30. The predicted octanol–water partition coefficient (Wildman–Crippen LogP) is 5.20. The van der Waals surface area contributed by atoms with E-state index in [1.165, 1.54) is 5.57 Å². The quantitative estimate of drug-likeness (QED) is 0.739. The molecule has 19 heavy (non-hydrogen) atoms. The molecule has 1 unspecified atom stereocenters. The molecule has 2 rings (SSSR count). The zero-order chi connectivity index (χ0) is 13.8. The van der Waals surface area contributed by atoms with Gasteiger partial charge in [0.25, 0.3) is 0 Å². The Labute approximate surface area is 123 Å². The molecular formula is C16H20BrNO. The maximum atomic E-state index is 6.01. The highest BCUT2D eigenvalue weighted by Crippen LogP contribution is 2.31. The van der Waals surface area contributed by atoms with Gasteiger partial charge < -0.3 is 9.73 Å². The summed E-state index contributed by atoms with van der Waals surface area (Å²) in [6.45, 7) is 9.27. The van der Waals surface area contributed by atoms with Crippen LogP contribution in [0.2, 0.25) is 0 Å². The first-order valence-corrected chi connectivity index (χ1v) is 7.53. The van der Waals surface area contributed by atoms with E-state index in [4.69, 9.17) is 4.42 Å². The van der Waals surface area contributed by atoms with Gasteiger partial charge in [0.2, 0.25) is 0 Å². The van der Waals surface area contributed by atoms with Crippen LogP contribution in [0.1, 0.15) is 38.5 Å². The molecule has 0 fully saturated rings. The summed E-state index contributed by atoms with van der Waals surface area (Å²) >= 11 is 3.53. The Hall–Kier alpha value is -1.06. The minimum Gasteiger partial charge on any atom is -0.458 e. The fourth-order valence-corrected chi connectivity index (χ4v) is 2.63. The Morgan fingerprint density at radius 1 is 1.42 bits per heavy atom. The first-order chi connectivity index (χ1) is 9.15. The maximum Gasteiger partial charge on any atom is 0.148 e. The van der Waals surface area contributed by atoms with Crippen molar-refractivity contribution in [3.05, 3.63) is 46.7 Å². The lowest BCUT2D eigenvalue weighted by Gasteiger charge is -2.16. The molecule has 1 heterocycles. The van der Waals surface area contributed by atoms with E-state index in [-0.39, 0.29) is 6.04 Å². The second-order valence-corrected chi connectivity index (χ2v) is 5.58. The average Bonchev–Trinajstić information content (AvgIpc) is 2.83. The lowest BCUT2D eigenvalue weighted by atomic mass is 10.0. The molecule has 0 radical (unpaired) electrons. The van der Waals surface area contributed by atoms with Crippen LogP contribution in [0.5, 0.6) is 0 Å². The van der Waals surface area contributed by atoms with Crippen molar-refractivity contribution in [1.29, 1.82) is 0 Å². The van der Waals surface area contributed by atoms with E-state index < -0.39 is 0 Å². The number of nitrogens with one attached hydrogen (secondary N) is 1. The van der Waals surface area contributed by atoms with Crippen LogP contribution < -0.4 is 5.32 Å². The van der Waals surface area contributed by atoms with Gasteiger partial charge in [0.1, 0.15) is 11.3 Å². The molecule has 3 heteroatoms. The van der Waals surface area contributed by atoms with Gasteiger partial charge >= 0.3 is 0 Å². The average molecular weight is 322 g/mol. The number of furan rings is 1. The van der Waals surface area contributed by atoms with Gasteiger partial charge in [-0.2, -0.15) is 0 Å². The summed E-state index contributed by atoms with van der Waals surface area (Å²) in [6.07, 6.45) is 1.92. The van der Waals surface area contributed by atoms with Gasteiger partial charge in [0, 0.05) is 5.39 Å². The lowest BCUT2D eigenvalue weighted by Crippen LogP contribution is -2.20. The molecule has 1 aromatic carbocycles. The Balaban J connectivity index is 2.33. The van der Waals surface area contributed by atoms with Crippen molar-refractivity contribution in [3.8, 4) is 0 Å². The van der Waals surface area contributed by atoms with Crippen molar-refractivity contribution in [2.45, 2.75) is 32.7 Å². The van der Waals surface area contributed by atoms with Crippen LogP contribution in [0.15, 0.2) is 45.3 Å². The first-order valence-electron chi connectivity index (χ1n) is 6.73. The second-order valence-electron chi connectivity index (χ2n) is 4.72. The number of rotatable bonds is 6. The molecule has 1 atom stereocenters. The number of benzene rings is 1. The van der Waals surface area contributed by atoms with Crippen LogP contribution in [-0.2, 0) is 0 Å². The third-order valence-corrected chi connectivity index (χ3v) is 3.93. The maximum absolute atomic E-state index is 6.01. The van der Waals surface area contributed by atoms with Crippen LogP contribution in [0.3, 0.4) is 0 Å². The van der Waals surface area contributed by atoms with Crippen LogP contribution in [-0.4, -0.2) is 6.54 Å². The highest BCUT2D eigenvalue weighted by atomic mass is 79.9. The minimum atomic E-state index is 0.205. The zero-order valence-corrected chi connectivity index (χ0v) is 13.1. The molecule has 0 amide bonds. The Morgan fingerprint density at radius 3 is 2.84 bits per heavy atom. The molecule has 0 spiro atoms. The Morgan fingerprint density at radius 2 is 2.21 bits per heavy atom. The third kappa shape index (κ3) is 3.28. The Bertz CT molecular complexity index is 573. The van der Waals surface area contributed by atoms with Crippen molar-refractivity contribution in [2.24, 2.45) is 0 Å². The monoisotopic (exact) mass is 321 g/mol. The normalized spacial score (nSPS) is 12.8. The van der Waals surface area contributed by atoms with Gasteiger partial charge in [-0.25, -0.2) is 0 Å². The molecule has 1 N–H and O–H groups in total. The lowest BCUT2D eigenvalue weighted by molar-refractivity contribution is 0.432. The summed E-state index contributed by atoms with van der Waals surface area (Å²) in [6, 6.07) is 8.43. The van der Waals surface area contributed by atoms with E-state index in [0.29, 0.717) is 0 Å². The van der Waals surface area contributed by atoms with Crippen molar-refractivity contribution in [2.75, 3.05) is 6.54 Å².